The highest BCUT2D eigenvalue weighted by molar-refractivity contribution is 7.99. The molecule has 1 aromatic heterocycles. The monoisotopic (exact) mass is 258 g/mol. The number of pyridine rings is 1. The molecule has 1 aromatic carbocycles. The Hall–Kier alpha value is -1.06. The molecule has 3 heteroatoms. The first-order valence-corrected chi connectivity index (χ1v) is 7.65. The zero-order valence-corrected chi connectivity index (χ0v) is 11.5. The van der Waals surface area contributed by atoms with Gasteiger partial charge in [0, 0.05) is 29.4 Å². The van der Waals surface area contributed by atoms with Gasteiger partial charge in [-0.3, -0.25) is 4.98 Å². The van der Waals surface area contributed by atoms with Crippen molar-refractivity contribution in [2.24, 2.45) is 0 Å². The van der Waals surface area contributed by atoms with Crippen molar-refractivity contribution in [3.05, 3.63) is 41.6 Å². The number of benzene rings is 1. The van der Waals surface area contributed by atoms with Gasteiger partial charge in [0.1, 0.15) is 0 Å². The minimum absolute atomic E-state index is 0.683. The summed E-state index contributed by atoms with van der Waals surface area (Å²) in [5.41, 5.74) is 3.58. The third-order valence-electron chi connectivity index (χ3n) is 3.44. The van der Waals surface area contributed by atoms with Gasteiger partial charge in [-0.05, 0) is 36.8 Å². The minimum atomic E-state index is 0.683. The number of hydrogen-bond donors (Lipinski definition) is 1. The standard InChI is InChI=1S/C15H18N2S/c1-11-8-12(9-16-13-6-7-18-10-13)14-4-2-3-5-15(14)17-11/h2-5,8,13,16H,6-7,9-10H2,1H3. The van der Waals surface area contributed by atoms with E-state index < -0.39 is 0 Å². The van der Waals surface area contributed by atoms with Crippen molar-refractivity contribution in [2.75, 3.05) is 11.5 Å². The van der Waals surface area contributed by atoms with Crippen LogP contribution in [0.15, 0.2) is 30.3 Å². The molecule has 1 aliphatic rings. The maximum Gasteiger partial charge on any atom is 0.0708 e. The van der Waals surface area contributed by atoms with Gasteiger partial charge in [-0.15, -0.1) is 0 Å². The van der Waals surface area contributed by atoms with E-state index in [1.165, 1.54) is 28.9 Å². The maximum absolute atomic E-state index is 4.58. The molecule has 0 aliphatic carbocycles. The maximum atomic E-state index is 4.58. The van der Waals surface area contributed by atoms with E-state index in [4.69, 9.17) is 0 Å². The van der Waals surface area contributed by atoms with E-state index in [1.807, 2.05) is 11.8 Å². The Morgan fingerprint density at radius 1 is 1.39 bits per heavy atom. The van der Waals surface area contributed by atoms with E-state index in [-0.39, 0.29) is 0 Å². The average molecular weight is 258 g/mol. The first kappa shape index (κ1) is 12.0. The SMILES string of the molecule is Cc1cc(CNC2CCSC2)c2ccccc2n1. The molecule has 1 aliphatic heterocycles. The topological polar surface area (TPSA) is 24.9 Å². The summed E-state index contributed by atoms with van der Waals surface area (Å²) in [7, 11) is 0. The normalized spacial score (nSPS) is 19.5. The van der Waals surface area contributed by atoms with Crippen LogP contribution < -0.4 is 5.32 Å². The summed E-state index contributed by atoms with van der Waals surface area (Å²) in [5.74, 6) is 2.55. The van der Waals surface area contributed by atoms with Crippen LogP contribution in [0.25, 0.3) is 10.9 Å². The summed E-state index contributed by atoms with van der Waals surface area (Å²) in [5, 5.41) is 4.95. The van der Waals surface area contributed by atoms with E-state index in [9.17, 15) is 0 Å². The van der Waals surface area contributed by atoms with Gasteiger partial charge in [0.05, 0.1) is 5.52 Å². The van der Waals surface area contributed by atoms with Crippen molar-refractivity contribution in [3.8, 4) is 0 Å². The van der Waals surface area contributed by atoms with Crippen LogP contribution >= 0.6 is 11.8 Å². The van der Waals surface area contributed by atoms with Crippen molar-refractivity contribution >= 4 is 22.7 Å². The fourth-order valence-electron chi connectivity index (χ4n) is 2.49. The lowest BCUT2D eigenvalue weighted by atomic mass is 10.1. The molecule has 2 heterocycles. The van der Waals surface area contributed by atoms with Crippen LogP contribution in [0.1, 0.15) is 17.7 Å². The van der Waals surface area contributed by atoms with E-state index in [2.05, 4.69) is 47.6 Å². The number of nitrogens with zero attached hydrogens (tertiary/aromatic N) is 1. The number of thioether (sulfide) groups is 1. The Bertz CT molecular complexity index is 547. The Kier molecular flexibility index (Phi) is 3.52. The third-order valence-corrected chi connectivity index (χ3v) is 4.60. The molecule has 18 heavy (non-hydrogen) atoms. The van der Waals surface area contributed by atoms with Crippen molar-refractivity contribution in [1.29, 1.82) is 0 Å². The van der Waals surface area contributed by atoms with Gasteiger partial charge in [0.2, 0.25) is 0 Å². The minimum Gasteiger partial charge on any atom is -0.309 e. The fourth-order valence-corrected chi connectivity index (χ4v) is 3.68. The van der Waals surface area contributed by atoms with Crippen molar-refractivity contribution in [2.45, 2.75) is 25.9 Å². The van der Waals surface area contributed by atoms with Crippen LogP contribution in [0.2, 0.25) is 0 Å². The molecular formula is C15H18N2S. The number of fused-ring (bicyclic) bond motifs is 1. The number of hydrogen-bond acceptors (Lipinski definition) is 3. The smallest absolute Gasteiger partial charge is 0.0708 e. The molecule has 1 unspecified atom stereocenters. The van der Waals surface area contributed by atoms with Gasteiger partial charge in [-0.1, -0.05) is 18.2 Å². The van der Waals surface area contributed by atoms with Gasteiger partial charge in [-0.2, -0.15) is 11.8 Å². The largest absolute Gasteiger partial charge is 0.309 e. The van der Waals surface area contributed by atoms with Crippen molar-refractivity contribution < 1.29 is 0 Å². The Balaban J connectivity index is 1.85. The molecule has 1 N–H and O–H groups in total. The molecule has 0 saturated carbocycles. The number of aromatic nitrogens is 1. The highest BCUT2D eigenvalue weighted by Gasteiger charge is 2.14. The molecule has 2 aromatic rings. The lowest BCUT2D eigenvalue weighted by Gasteiger charge is -2.13. The Labute approximate surface area is 112 Å². The van der Waals surface area contributed by atoms with E-state index >= 15 is 0 Å². The molecule has 0 amide bonds. The van der Waals surface area contributed by atoms with E-state index in [1.54, 1.807) is 0 Å². The molecular weight excluding hydrogens is 240 g/mol. The molecule has 2 nitrogen and oxygen atoms in total. The lowest BCUT2D eigenvalue weighted by Crippen LogP contribution is -2.28. The zero-order chi connectivity index (χ0) is 12.4. The van der Waals surface area contributed by atoms with Gasteiger partial charge in [0.15, 0.2) is 0 Å². The third kappa shape index (κ3) is 2.52. The number of aryl methyl sites for hydroxylation is 1. The molecule has 1 saturated heterocycles. The lowest BCUT2D eigenvalue weighted by molar-refractivity contribution is 0.559. The van der Waals surface area contributed by atoms with Crippen LogP contribution in [0.5, 0.6) is 0 Å². The molecule has 1 fully saturated rings. The van der Waals surface area contributed by atoms with Crippen LogP contribution in [0.3, 0.4) is 0 Å². The Morgan fingerprint density at radius 3 is 3.11 bits per heavy atom. The van der Waals surface area contributed by atoms with E-state index in [0.717, 1.165) is 17.8 Å². The van der Waals surface area contributed by atoms with Gasteiger partial charge in [0.25, 0.3) is 0 Å². The summed E-state index contributed by atoms with van der Waals surface area (Å²) >= 11 is 2.05. The predicted octanol–water partition coefficient (Wildman–Crippen LogP) is 3.14. The highest BCUT2D eigenvalue weighted by atomic mass is 32.2. The first-order chi connectivity index (χ1) is 8.83. The summed E-state index contributed by atoms with van der Waals surface area (Å²) in [6.07, 6.45) is 1.30. The van der Waals surface area contributed by atoms with Gasteiger partial charge < -0.3 is 5.32 Å². The first-order valence-electron chi connectivity index (χ1n) is 6.49. The van der Waals surface area contributed by atoms with Crippen LogP contribution in [0, 0.1) is 6.92 Å². The molecule has 0 spiro atoms. The summed E-state index contributed by atoms with van der Waals surface area (Å²) in [6.45, 7) is 3.02. The number of para-hydroxylation sites is 1. The number of nitrogens with one attached hydrogen (secondary N) is 1. The van der Waals surface area contributed by atoms with Crippen molar-refractivity contribution in [1.82, 2.24) is 10.3 Å². The second-order valence-electron chi connectivity index (χ2n) is 4.88. The van der Waals surface area contributed by atoms with E-state index in [0.29, 0.717) is 6.04 Å². The molecule has 0 radical (unpaired) electrons. The van der Waals surface area contributed by atoms with Gasteiger partial charge >= 0.3 is 0 Å². The summed E-state index contributed by atoms with van der Waals surface area (Å²) in [6, 6.07) is 11.3. The average Bonchev–Trinajstić information content (AvgIpc) is 2.89. The highest BCUT2D eigenvalue weighted by Crippen LogP contribution is 2.20. The molecule has 1 atom stereocenters. The van der Waals surface area contributed by atoms with Crippen LogP contribution in [-0.2, 0) is 6.54 Å². The fraction of sp³-hybridized carbons (Fsp3) is 0.400. The zero-order valence-electron chi connectivity index (χ0n) is 10.6. The second kappa shape index (κ2) is 5.29. The van der Waals surface area contributed by atoms with Crippen LogP contribution in [-0.4, -0.2) is 22.5 Å². The Morgan fingerprint density at radius 2 is 2.28 bits per heavy atom. The molecule has 94 valence electrons. The van der Waals surface area contributed by atoms with Gasteiger partial charge in [-0.25, -0.2) is 0 Å². The summed E-state index contributed by atoms with van der Waals surface area (Å²) < 4.78 is 0. The molecule has 3 rings (SSSR count). The van der Waals surface area contributed by atoms with Crippen molar-refractivity contribution in [3.63, 3.8) is 0 Å². The van der Waals surface area contributed by atoms with Crippen LogP contribution in [0.4, 0.5) is 0 Å². The molecule has 0 bridgehead atoms. The number of rotatable bonds is 3. The predicted molar refractivity (Wildman–Crippen MR) is 79.0 cm³/mol. The second-order valence-corrected chi connectivity index (χ2v) is 6.03. The quantitative estimate of drug-likeness (QED) is 0.915. The summed E-state index contributed by atoms with van der Waals surface area (Å²) in [4.78, 5) is 4.58.